The minimum atomic E-state index is -0.628. The van der Waals surface area contributed by atoms with Crippen molar-refractivity contribution in [3.05, 3.63) is 0 Å². The van der Waals surface area contributed by atoms with Crippen molar-refractivity contribution in [1.82, 2.24) is 0 Å². The van der Waals surface area contributed by atoms with Crippen molar-refractivity contribution in [3.63, 3.8) is 0 Å². The molecule has 2 unspecified atom stereocenters. The van der Waals surface area contributed by atoms with Gasteiger partial charge in [-0.25, -0.2) is 0 Å². The number of nitrogens with zero attached hydrogens (tertiary/aromatic N) is 1. The number of nitriles is 1. The summed E-state index contributed by atoms with van der Waals surface area (Å²) >= 11 is 1.97. The van der Waals surface area contributed by atoms with Crippen LogP contribution in [0.15, 0.2) is 0 Å². The summed E-state index contributed by atoms with van der Waals surface area (Å²) in [6.07, 6.45) is 3.10. The summed E-state index contributed by atoms with van der Waals surface area (Å²) < 4.78 is 0. The van der Waals surface area contributed by atoms with E-state index in [1.54, 1.807) is 6.92 Å². The van der Waals surface area contributed by atoms with Gasteiger partial charge in [0.25, 0.3) is 0 Å². The van der Waals surface area contributed by atoms with Gasteiger partial charge in [0, 0.05) is 0 Å². The van der Waals surface area contributed by atoms with E-state index in [9.17, 15) is 0 Å². The monoisotopic (exact) mass is 214 g/mol. The number of hydrogen-bond acceptors (Lipinski definition) is 3. The normalized spacial score (nSPS) is 17.1. The van der Waals surface area contributed by atoms with Crippen molar-refractivity contribution in [2.45, 2.75) is 45.6 Å². The Morgan fingerprint density at radius 1 is 1.57 bits per heavy atom. The average Bonchev–Trinajstić information content (AvgIpc) is 2.17. The summed E-state index contributed by atoms with van der Waals surface area (Å²) in [7, 11) is 0. The second kappa shape index (κ2) is 7.14. The second-order valence-corrected chi connectivity index (χ2v) is 5.37. The van der Waals surface area contributed by atoms with Gasteiger partial charge < -0.3 is 5.73 Å². The lowest BCUT2D eigenvalue weighted by molar-refractivity contribution is 0.540. The van der Waals surface area contributed by atoms with Crippen LogP contribution in [0, 0.1) is 17.2 Å². The van der Waals surface area contributed by atoms with Gasteiger partial charge in [0.1, 0.15) is 5.54 Å². The lowest BCUT2D eigenvalue weighted by atomic mass is 10.0. The third kappa shape index (κ3) is 7.23. The minimum Gasteiger partial charge on any atom is -0.314 e. The summed E-state index contributed by atoms with van der Waals surface area (Å²) in [5, 5.41) is 8.70. The lowest BCUT2D eigenvalue weighted by Crippen LogP contribution is -2.33. The van der Waals surface area contributed by atoms with Crippen LogP contribution >= 0.6 is 11.8 Å². The predicted molar refractivity (Wildman–Crippen MR) is 64.2 cm³/mol. The van der Waals surface area contributed by atoms with Crippen LogP contribution in [0.4, 0.5) is 0 Å². The molecule has 2 nitrogen and oxygen atoms in total. The molecule has 0 radical (unpaired) electrons. The Kier molecular flexibility index (Phi) is 7.04. The number of hydrogen-bond donors (Lipinski definition) is 1. The second-order valence-electron chi connectivity index (χ2n) is 4.22. The SMILES string of the molecule is CCC(C)CSCCCC(C)(N)C#N. The zero-order chi connectivity index (χ0) is 11.0. The van der Waals surface area contributed by atoms with Gasteiger partial charge in [0.2, 0.25) is 0 Å². The first-order valence-corrected chi connectivity index (χ1v) is 6.45. The topological polar surface area (TPSA) is 49.8 Å². The molecule has 0 saturated carbocycles. The molecule has 3 heteroatoms. The van der Waals surface area contributed by atoms with Crippen LogP contribution in [-0.4, -0.2) is 17.0 Å². The Bertz CT molecular complexity index is 184. The smallest absolute Gasteiger partial charge is 0.101 e. The summed E-state index contributed by atoms with van der Waals surface area (Å²) in [4.78, 5) is 0. The van der Waals surface area contributed by atoms with Crippen LogP contribution in [0.25, 0.3) is 0 Å². The molecule has 82 valence electrons. The highest BCUT2D eigenvalue weighted by molar-refractivity contribution is 7.99. The van der Waals surface area contributed by atoms with E-state index < -0.39 is 5.54 Å². The fourth-order valence-corrected chi connectivity index (χ4v) is 2.15. The van der Waals surface area contributed by atoms with Crippen molar-refractivity contribution in [1.29, 1.82) is 5.26 Å². The maximum Gasteiger partial charge on any atom is 0.101 e. The molecule has 0 saturated heterocycles. The molecule has 0 heterocycles. The molecule has 14 heavy (non-hydrogen) atoms. The highest BCUT2D eigenvalue weighted by Crippen LogP contribution is 2.15. The van der Waals surface area contributed by atoms with E-state index in [4.69, 9.17) is 11.0 Å². The van der Waals surface area contributed by atoms with Gasteiger partial charge in [-0.3, -0.25) is 0 Å². The quantitative estimate of drug-likeness (QED) is 0.663. The average molecular weight is 214 g/mol. The third-order valence-electron chi connectivity index (χ3n) is 2.34. The van der Waals surface area contributed by atoms with E-state index in [-0.39, 0.29) is 0 Å². The van der Waals surface area contributed by atoms with Gasteiger partial charge >= 0.3 is 0 Å². The molecule has 0 aliphatic carbocycles. The Labute approximate surface area is 92.2 Å². The van der Waals surface area contributed by atoms with Crippen molar-refractivity contribution < 1.29 is 0 Å². The summed E-state index contributed by atoms with van der Waals surface area (Å²) in [5.74, 6) is 3.16. The van der Waals surface area contributed by atoms with Crippen LogP contribution < -0.4 is 5.73 Å². The largest absolute Gasteiger partial charge is 0.314 e. The van der Waals surface area contributed by atoms with E-state index in [2.05, 4.69) is 19.9 Å². The summed E-state index contributed by atoms with van der Waals surface area (Å²) in [6, 6.07) is 2.12. The molecule has 0 rings (SSSR count). The maximum absolute atomic E-state index is 8.70. The molecule has 0 aliphatic heterocycles. The van der Waals surface area contributed by atoms with Gasteiger partial charge in [-0.1, -0.05) is 20.3 Å². The fourth-order valence-electron chi connectivity index (χ4n) is 1.000. The van der Waals surface area contributed by atoms with Gasteiger partial charge in [-0.2, -0.15) is 17.0 Å². The van der Waals surface area contributed by atoms with E-state index in [1.165, 1.54) is 12.2 Å². The van der Waals surface area contributed by atoms with Crippen LogP contribution in [0.2, 0.25) is 0 Å². The van der Waals surface area contributed by atoms with Crippen molar-refractivity contribution in [2.24, 2.45) is 11.7 Å². The first-order chi connectivity index (χ1) is 6.52. The molecular formula is C11H22N2S. The van der Waals surface area contributed by atoms with E-state index in [0.29, 0.717) is 0 Å². The summed E-state index contributed by atoms with van der Waals surface area (Å²) in [6.45, 7) is 6.29. The van der Waals surface area contributed by atoms with Gasteiger partial charge in [0.15, 0.2) is 0 Å². The molecule has 0 fully saturated rings. The Balaban J connectivity index is 3.35. The molecule has 0 aromatic carbocycles. The molecule has 0 spiro atoms. The van der Waals surface area contributed by atoms with Gasteiger partial charge in [-0.05, 0) is 37.2 Å². The van der Waals surface area contributed by atoms with E-state index >= 15 is 0 Å². The van der Waals surface area contributed by atoms with Crippen molar-refractivity contribution in [2.75, 3.05) is 11.5 Å². The molecule has 2 atom stereocenters. The molecule has 0 aliphatic rings. The zero-order valence-electron chi connectivity index (χ0n) is 9.55. The minimum absolute atomic E-state index is 0.628. The number of nitrogens with two attached hydrogens (primary N) is 1. The lowest BCUT2D eigenvalue weighted by Gasteiger charge is -2.14. The van der Waals surface area contributed by atoms with E-state index in [0.717, 1.165) is 24.5 Å². The number of rotatable bonds is 7. The summed E-state index contributed by atoms with van der Waals surface area (Å²) in [5.41, 5.74) is 5.09. The van der Waals surface area contributed by atoms with Gasteiger partial charge in [0.05, 0.1) is 6.07 Å². The Hall–Kier alpha value is -0.200. The Morgan fingerprint density at radius 3 is 2.71 bits per heavy atom. The van der Waals surface area contributed by atoms with Crippen molar-refractivity contribution >= 4 is 11.8 Å². The van der Waals surface area contributed by atoms with Crippen LogP contribution in [0.3, 0.4) is 0 Å². The van der Waals surface area contributed by atoms with E-state index in [1.807, 2.05) is 11.8 Å². The molecule has 0 bridgehead atoms. The fraction of sp³-hybridized carbons (Fsp3) is 0.909. The molecule has 0 aromatic heterocycles. The van der Waals surface area contributed by atoms with Crippen LogP contribution in [0.1, 0.15) is 40.0 Å². The Morgan fingerprint density at radius 2 is 2.21 bits per heavy atom. The van der Waals surface area contributed by atoms with Crippen LogP contribution in [-0.2, 0) is 0 Å². The zero-order valence-corrected chi connectivity index (χ0v) is 10.4. The molecule has 2 N–H and O–H groups in total. The number of thioether (sulfide) groups is 1. The van der Waals surface area contributed by atoms with Crippen molar-refractivity contribution in [3.8, 4) is 6.07 Å². The highest BCUT2D eigenvalue weighted by atomic mass is 32.2. The van der Waals surface area contributed by atoms with Crippen LogP contribution in [0.5, 0.6) is 0 Å². The maximum atomic E-state index is 8.70. The highest BCUT2D eigenvalue weighted by Gasteiger charge is 2.15. The third-order valence-corrected chi connectivity index (χ3v) is 3.72. The first kappa shape index (κ1) is 13.8. The van der Waals surface area contributed by atoms with Gasteiger partial charge in [-0.15, -0.1) is 0 Å². The predicted octanol–water partition coefficient (Wildman–Crippen LogP) is 2.79. The molecule has 0 aromatic rings. The first-order valence-electron chi connectivity index (χ1n) is 5.29. The molecular weight excluding hydrogens is 192 g/mol. The molecule has 0 amide bonds. The standard InChI is InChI=1S/C11H22N2S/c1-4-10(2)8-14-7-5-6-11(3,13)9-12/h10H,4-8,13H2,1-3H3.